The summed E-state index contributed by atoms with van der Waals surface area (Å²) in [5, 5.41) is 2.26. The van der Waals surface area contributed by atoms with Gasteiger partial charge in [-0.3, -0.25) is 4.79 Å². The van der Waals surface area contributed by atoms with Crippen molar-refractivity contribution >= 4 is 23.4 Å². The normalized spacial score (nSPS) is 15.8. The molecule has 0 fully saturated rings. The number of benzene rings is 1. The zero-order chi connectivity index (χ0) is 11.1. The minimum Gasteiger partial charge on any atom is -0.324 e. The molecule has 0 aliphatic carbocycles. The zero-order valence-corrected chi connectivity index (χ0v) is 8.21. The average molecular weight is 233 g/mol. The molecular formula is C9H6F3NOS. The van der Waals surface area contributed by atoms with E-state index in [4.69, 9.17) is 0 Å². The molecule has 0 radical (unpaired) electrons. The van der Waals surface area contributed by atoms with Crippen molar-refractivity contribution in [2.24, 2.45) is 0 Å². The van der Waals surface area contributed by atoms with Crippen LogP contribution in [0.5, 0.6) is 0 Å². The number of para-hydroxylation sites is 1. The van der Waals surface area contributed by atoms with Crippen molar-refractivity contribution in [1.82, 2.24) is 0 Å². The molecule has 80 valence electrons. The largest absolute Gasteiger partial charge is 0.418 e. The first kappa shape index (κ1) is 10.4. The zero-order valence-electron chi connectivity index (χ0n) is 7.39. The van der Waals surface area contributed by atoms with Crippen molar-refractivity contribution in [3.8, 4) is 0 Å². The molecule has 15 heavy (non-hydrogen) atoms. The van der Waals surface area contributed by atoms with Crippen LogP contribution in [0, 0.1) is 0 Å². The second-order valence-corrected chi connectivity index (χ2v) is 4.03. The van der Waals surface area contributed by atoms with E-state index < -0.39 is 17.6 Å². The highest BCUT2D eigenvalue weighted by Crippen LogP contribution is 2.41. The van der Waals surface area contributed by atoms with Gasteiger partial charge in [-0.25, -0.2) is 0 Å². The van der Waals surface area contributed by atoms with Crippen molar-refractivity contribution in [2.75, 3.05) is 11.1 Å². The first-order valence-electron chi connectivity index (χ1n) is 4.11. The second kappa shape index (κ2) is 3.44. The van der Waals surface area contributed by atoms with Gasteiger partial charge in [0, 0.05) is 4.90 Å². The van der Waals surface area contributed by atoms with Gasteiger partial charge in [0.2, 0.25) is 5.91 Å². The maximum Gasteiger partial charge on any atom is 0.418 e. The van der Waals surface area contributed by atoms with Crippen molar-refractivity contribution < 1.29 is 18.0 Å². The third-order valence-electron chi connectivity index (χ3n) is 1.95. The van der Waals surface area contributed by atoms with Crippen molar-refractivity contribution in [2.45, 2.75) is 11.1 Å². The molecule has 0 bridgehead atoms. The highest BCUT2D eigenvalue weighted by Gasteiger charge is 2.35. The molecule has 0 spiro atoms. The molecule has 2 nitrogen and oxygen atoms in total. The number of hydrogen-bond acceptors (Lipinski definition) is 2. The van der Waals surface area contributed by atoms with E-state index in [0.29, 0.717) is 4.90 Å². The second-order valence-electron chi connectivity index (χ2n) is 3.01. The van der Waals surface area contributed by atoms with E-state index in [1.165, 1.54) is 6.07 Å². The Bertz CT molecular complexity index is 416. The van der Waals surface area contributed by atoms with Crippen LogP contribution in [0.3, 0.4) is 0 Å². The molecule has 1 heterocycles. The summed E-state index contributed by atoms with van der Waals surface area (Å²) in [6, 6.07) is 3.87. The van der Waals surface area contributed by atoms with Crippen LogP contribution in [0.1, 0.15) is 5.56 Å². The van der Waals surface area contributed by atoms with Crippen LogP contribution in [0.2, 0.25) is 0 Å². The van der Waals surface area contributed by atoms with Crippen LogP contribution >= 0.6 is 11.8 Å². The van der Waals surface area contributed by atoms with Gasteiger partial charge in [-0.2, -0.15) is 13.2 Å². The SMILES string of the molecule is O=C1CSc2cccc(C(F)(F)F)c2N1. The average Bonchev–Trinajstić information content (AvgIpc) is 2.15. The van der Waals surface area contributed by atoms with Gasteiger partial charge in [0.05, 0.1) is 17.0 Å². The lowest BCUT2D eigenvalue weighted by Gasteiger charge is -2.20. The Labute approximate surface area is 87.9 Å². The van der Waals surface area contributed by atoms with E-state index in [2.05, 4.69) is 5.32 Å². The van der Waals surface area contributed by atoms with Gasteiger partial charge in [0.15, 0.2) is 0 Å². The van der Waals surface area contributed by atoms with Gasteiger partial charge < -0.3 is 5.32 Å². The quantitative estimate of drug-likeness (QED) is 0.746. The Kier molecular flexibility index (Phi) is 2.38. The predicted molar refractivity (Wildman–Crippen MR) is 50.8 cm³/mol. The molecule has 1 N–H and O–H groups in total. The molecule has 1 aliphatic heterocycles. The molecule has 0 unspecified atom stereocenters. The molecule has 2 rings (SSSR count). The fourth-order valence-electron chi connectivity index (χ4n) is 1.34. The van der Waals surface area contributed by atoms with Gasteiger partial charge in [0.25, 0.3) is 0 Å². The fourth-order valence-corrected chi connectivity index (χ4v) is 2.17. The summed E-state index contributed by atoms with van der Waals surface area (Å²) in [5.74, 6) is -0.238. The first-order chi connectivity index (χ1) is 6.98. The number of amides is 1. The van der Waals surface area contributed by atoms with Crippen LogP contribution in [-0.4, -0.2) is 11.7 Å². The van der Waals surface area contributed by atoms with E-state index in [1.807, 2.05) is 0 Å². The third kappa shape index (κ3) is 1.94. The maximum absolute atomic E-state index is 12.5. The molecular weight excluding hydrogens is 227 g/mol. The molecule has 1 aromatic carbocycles. The van der Waals surface area contributed by atoms with Crippen molar-refractivity contribution in [1.29, 1.82) is 0 Å². The summed E-state index contributed by atoms with van der Waals surface area (Å²) in [7, 11) is 0. The van der Waals surface area contributed by atoms with E-state index in [0.717, 1.165) is 17.8 Å². The van der Waals surface area contributed by atoms with Crippen LogP contribution in [-0.2, 0) is 11.0 Å². The Morgan fingerprint density at radius 3 is 2.73 bits per heavy atom. The summed E-state index contributed by atoms with van der Waals surface area (Å²) >= 11 is 1.12. The van der Waals surface area contributed by atoms with Crippen LogP contribution in [0.4, 0.5) is 18.9 Å². The standard InChI is InChI=1S/C9H6F3NOS/c10-9(11,12)5-2-1-3-6-8(5)13-7(14)4-15-6/h1-3H,4H2,(H,13,14). The van der Waals surface area contributed by atoms with E-state index in [-0.39, 0.29) is 11.4 Å². The van der Waals surface area contributed by atoms with Gasteiger partial charge in [-0.15, -0.1) is 11.8 Å². The van der Waals surface area contributed by atoms with Gasteiger partial charge in [0.1, 0.15) is 0 Å². The minimum absolute atomic E-state index is 0.119. The summed E-state index contributed by atoms with van der Waals surface area (Å²) < 4.78 is 37.6. The molecule has 0 aromatic heterocycles. The van der Waals surface area contributed by atoms with Crippen molar-refractivity contribution in [3.63, 3.8) is 0 Å². The summed E-state index contributed by atoms with van der Waals surface area (Å²) in [6.45, 7) is 0. The summed E-state index contributed by atoms with van der Waals surface area (Å²) in [4.78, 5) is 11.5. The van der Waals surface area contributed by atoms with Crippen LogP contribution in [0.15, 0.2) is 23.1 Å². The Balaban J connectivity index is 2.53. The number of anilines is 1. The highest BCUT2D eigenvalue weighted by molar-refractivity contribution is 8.00. The lowest BCUT2D eigenvalue weighted by atomic mass is 10.1. The molecule has 0 saturated carbocycles. The molecule has 6 heteroatoms. The summed E-state index contributed by atoms with van der Waals surface area (Å²) in [6.07, 6.45) is -4.43. The molecule has 1 aliphatic rings. The molecule has 0 saturated heterocycles. The van der Waals surface area contributed by atoms with Gasteiger partial charge >= 0.3 is 6.18 Å². The summed E-state index contributed by atoms with van der Waals surface area (Å²) in [5.41, 5.74) is -0.910. The first-order valence-corrected chi connectivity index (χ1v) is 5.10. The number of fused-ring (bicyclic) bond motifs is 1. The van der Waals surface area contributed by atoms with Gasteiger partial charge in [-0.05, 0) is 12.1 Å². The molecule has 1 amide bonds. The predicted octanol–water partition coefficient (Wildman–Crippen LogP) is 2.75. The Hall–Kier alpha value is -1.17. The van der Waals surface area contributed by atoms with Crippen LogP contribution < -0.4 is 5.32 Å². The number of nitrogens with one attached hydrogen (secondary N) is 1. The maximum atomic E-state index is 12.5. The molecule has 1 aromatic rings. The smallest absolute Gasteiger partial charge is 0.324 e. The van der Waals surface area contributed by atoms with E-state index in [1.54, 1.807) is 6.07 Å². The monoisotopic (exact) mass is 233 g/mol. The Morgan fingerprint density at radius 2 is 2.07 bits per heavy atom. The van der Waals surface area contributed by atoms with E-state index in [9.17, 15) is 18.0 Å². The third-order valence-corrected chi connectivity index (χ3v) is 3.01. The van der Waals surface area contributed by atoms with E-state index >= 15 is 0 Å². The van der Waals surface area contributed by atoms with Crippen molar-refractivity contribution in [3.05, 3.63) is 23.8 Å². The lowest BCUT2D eigenvalue weighted by molar-refractivity contribution is -0.137. The Morgan fingerprint density at radius 1 is 1.33 bits per heavy atom. The van der Waals surface area contributed by atoms with Gasteiger partial charge in [-0.1, -0.05) is 6.07 Å². The number of halogens is 3. The highest BCUT2D eigenvalue weighted by atomic mass is 32.2. The topological polar surface area (TPSA) is 29.1 Å². The number of alkyl halides is 3. The molecule has 0 atom stereocenters. The number of carbonyl (C=O) groups is 1. The minimum atomic E-state index is -4.43. The fraction of sp³-hybridized carbons (Fsp3) is 0.222. The lowest BCUT2D eigenvalue weighted by Crippen LogP contribution is -2.22. The number of thioether (sulfide) groups is 1. The number of rotatable bonds is 0. The number of carbonyl (C=O) groups excluding carboxylic acids is 1. The van der Waals surface area contributed by atoms with Crippen LogP contribution in [0.25, 0.3) is 0 Å². The number of hydrogen-bond donors (Lipinski definition) is 1.